The Balaban J connectivity index is 1.97. The third-order valence-corrected chi connectivity index (χ3v) is 4.02. The zero-order valence-electron chi connectivity index (χ0n) is 12.6. The lowest BCUT2D eigenvalue weighted by Crippen LogP contribution is -2.33. The first-order valence-corrected chi connectivity index (χ1v) is 7.98. The van der Waals surface area contributed by atoms with Crippen LogP contribution in [0.5, 0.6) is 0 Å². The number of thiophene rings is 1. The van der Waals surface area contributed by atoms with E-state index in [1.54, 1.807) is 18.4 Å². The van der Waals surface area contributed by atoms with E-state index >= 15 is 0 Å². The van der Waals surface area contributed by atoms with Crippen LogP contribution in [0.15, 0.2) is 11.4 Å². The molecule has 0 saturated heterocycles. The first-order valence-electron chi connectivity index (χ1n) is 7.10. The summed E-state index contributed by atoms with van der Waals surface area (Å²) >= 11 is 1.57. The molecule has 1 atom stereocenters. The van der Waals surface area contributed by atoms with Crippen LogP contribution in [0.4, 0.5) is 11.8 Å². The van der Waals surface area contributed by atoms with Gasteiger partial charge in [0.25, 0.3) is 0 Å². The second kappa shape index (κ2) is 7.21. The summed E-state index contributed by atoms with van der Waals surface area (Å²) < 4.78 is 0. The monoisotopic (exact) mass is 307 g/mol. The summed E-state index contributed by atoms with van der Waals surface area (Å²) in [6.45, 7) is 4.61. The molecule has 6 nitrogen and oxygen atoms in total. The quantitative estimate of drug-likeness (QED) is 0.732. The molecule has 2 heterocycles. The number of nitrogens with one attached hydrogen (secondary N) is 3. The van der Waals surface area contributed by atoms with Gasteiger partial charge in [-0.15, -0.1) is 11.3 Å². The maximum Gasteiger partial charge on any atom is 0.225 e. The van der Waals surface area contributed by atoms with E-state index in [-0.39, 0.29) is 11.9 Å². The first-order chi connectivity index (χ1) is 10.1. The van der Waals surface area contributed by atoms with Crippen LogP contribution in [0.25, 0.3) is 10.2 Å². The Hall–Kier alpha value is -1.89. The van der Waals surface area contributed by atoms with Gasteiger partial charge in [0.15, 0.2) is 0 Å². The van der Waals surface area contributed by atoms with E-state index in [1.165, 1.54) is 0 Å². The summed E-state index contributed by atoms with van der Waals surface area (Å²) in [6, 6.07) is 2.21. The van der Waals surface area contributed by atoms with Gasteiger partial charge in [-0.1, -0.05) is 6.92 Å². The molecule has 0 bridgehead atoms. The second-order valence-corrected chi connectivity index (χ2v) is 5.73. The highest BCUT2D eigenvalue weighted by atomic mass is 32.1. The molecule has 0 spiro atoms. The minimum Gasteiger partial charge on any atom is -0.369 e. The van der Waals surface area contributed by atoms with Gasteiger partial charge in [0, 0.05) is 26.1 Å². The standard InChI is InChI=1S/C14H21N5OS/c1-4-9(2)17-11(20)5-7-16-12-10-6-8-21-13(10)19-14(15-3)18-12/h6,8-9H,4-5,7H2,1-3H3,(H,17,20)(H2,15,16,18,19). The summed E-state index contributed by atoms with van der Waals surface area (Å²) in [5, 5.41) is 12.1. The molecule has 2 rings (SSSR count). The van der Waals surface area contributed by atoms with Crippen LogP contribution in [0.3, 0.4) is 0 Å². The van der Waals surface area contributed by atoms with E-state index in [4.69, 9.17) is 0 Å². The van der Waals surface area contributed by atoms with Gasteiger partial charge in [-0.05, 0) is 24.8 Å². The Bertz CT molecular complexity index is 612. The number of hydrogen-bond donors (Lipinski definition) is 3. The molecule has 0 aliphatic carbocycles. The molecule has 3 N–H and O–H groups in total. The molecule has 114 valence electrons. The predicted octanol–water partition coefficient (Wildman–Crippen LogP) is 2.45. The smallest absolute Gasteiger partial charge is 0.225 e. The molecule has 0 radical (unpaired) electrons. The van der Waals surface area contributed by atoms with Crippen LogP contribution >= 0.6 is 11.3 Å². The molecule has 0 aromatic carbocycles. The number of anilines is 2. The van der Waals surface area contributed by atoms with Crippen molar-refractivity contribution in [3.05, 3.63) is 11.4 Å². The van der Waals surface area contributed by atoms with Crippen LogP contribution in [-0.2, 0) is 4.79 Å². The first kappa shape index (κ1) is 15.5. The van der Waals surface area contributed by atoms with Gasteiger partial charge in [-0.2, -0.15) is 4.98 Å². The molecule has 1 amide bonds. The van der Waals surface area contributed by atoms with Gasteiger partial charge >= 0.3 is 0 Å². The fraction of sp³-hybridized carbons (Fsp3) is 0.500. The van der Waals surface area contributed by atoms with Crippen molar-refractivity contribution in [1.29, 1.82) is 0 Å². The molecule has 1 unspecified atom stereocenters. The topological polar surface area (TPSA) is 78.9 Å². The van der Waals surface area contributed by atoms with Crippen molar-refractivity contribution in [2.24, 2.45) is 0 Å². The van der Waals surface area contributed by atoms with Gasteiger partial charge in [0.1, 0.15) is 10.6 Å². The van der Waals surface area contributed by atoms with E-state index < -0.39 is 0 Å². The fourth-order valence-corrected chi connectivity index (χ4v) is 2.61. The van der Waals surface area contributed by atoms with E-state index in [0.717, 1.165) is 22.5 Å². The van der Waals surface area contributed by atoms with Gasteiger partial charge in [-0.3, -0.25) is 4.79 Å². The second-order valence-electron chi connectivity index (χ2n) is 4.84. The summed E-state index contributed by atoms with van der Waals surface area (Å²) in [6.07, 6.45) is 1.36. The highest BCUT2D eigenvalue weighted by Crippen LogP contribution is 2.26. The maximum absolute atomic E-state index is 11.7. The number of amides is 1. The lowest BCUT2D eigenvalue weighted by molar-refractivity contribution is -0.121. The molecule has 0 aliphatic heterocycles. The average molecular weight is 307 g/mol. The summed E-state index contributed by atoms with van der Waals surface area (Å²) in [5.74, 6) is 1.40. The van der Waals surface area contributed by atoms with E-state index in [9.17, 15) is 4.79 Å². The van der Waals surface area contributed by atoms with Crippen LogP contribution in [-0.4, -0.2) is 35.5 Å². The lowest BCUT2D eigenvalue weighted by atomic mass is 10.2. The van der Waals surface area contributed by atoms with Crippen molar-refractivity contribution < 1.29 is 4.79 Å². The average Bonchev–Trinajstić information content (AvgIpc) is 2.95. The van der Waals surface area contributed by atoms with Gasteiger partial charge < -0.3 is 16.0 Å². The summed E-state index contributed by atoms with van der Waals surface area (Å²) in [4.78, 5) is 21.5. The van der Waals surface area contributed by atoms with Crippen molar-refractivity contribution >= 4 is 39.2 Å². The van der Waals surface area contributed by atoms with Crippen molar-refractivity contribution in [3.8, 4) is 0 Å². The minimum atomic E-state index is 0.0568. The Kier molecular flexibility index (Phi) is 5.32. The van der Waals surface area contributed by atoms with Crippen molar-refractivity contribution in [2.75, 3.05) is 24.2 Å². The summed E-state index contributed by atoms with van der Waals surface area (Å²) in [5.41, 5.74) is 0. The van der Waals surface area contributed by atoms with Gasteiger partial charge in [0.05, 0.1) is 5.39 Å². The fourth-order valence-electron chi connectivity index (χ4n) is 1.85. The summed E-state index contributed by atoms with van der Waals surface area (Å²) in [7, 11) is 1.79. The van der Waals surface area contributed by atoms with E-state index in [2.05, 4.69) is 32.8 Å². The molecule has 21 heavy (non-hydrogen) atoms. The number of fused-ring (bicyclic) bond motifs is 1. The van der Waals surface area contributed by atoms with E-state index in [0.29, 0.717) is 18.9 Å². The van der Waals surface area contributed by atoms with Crippen LogP contribution < -0.4 is 16.0 Å². The molecule has 0 aliphatic rings. The zero-order chi connectivity index (χ0) is 15.2. The Labute approximate surface area is 128 Å². The lowest BCUT2D eigenvalue weighted by Gasteiger charge is -2.12. The molecular weight excluding hydrogens is 286 g/mol. The maximum atomic E-state index is 11.7. The largest absolute Gasteiger partial charge is 0.369 e. The molecule has 7 heteroatoms. The normalized spacial score (nSPS) is 12.1. The van der Waals surface area contributed by atoms with Crippen molar-refractivity contribution in [3.63, 3.8) is 0 Å². The Morgan fingerprint density at radius 2 is 2.24 bits per heavy atom. The Morgan fingerprint density at radius 3 is 2.95 bits per heavy atom. The van der Waals surface area contributed by atoms with Crippen molar-refractivity contribution in [1.82, 2.24) is 15.3 Å². The van der Waals surface area contributed by atoms with Gasteiger partial charge in [-0.25, -0.2) is 4.98 Å². The molecule has 0 saturated carbocycles. The van der Waals surface area contributed by atoms with E-state index in [1.807, 2.05) is 18.4 Å². The number of nitrogens with zero attached hydrogens (tertiary/aromatic N) is 2. The number of carbonyl (C=O) groups excluding carboxylic acids is 1. The highest BCUT2D eigenvalue weighted by molar-refractivity contribution is 7.16. The van der Waals surface area contributed by atoms with Gasteiger partial charge in [0.2, 0.25) is 11.9 Å². The number of hydrogen-bond acceptors (Lipinski definition) is 6. The highest BCUT2D eigenvalue weighted by Gasteiger charge is 2.09. The third kappa shape index (κ3) is 4.04. The third-order valence-electron chi connectivity index (χ3n) is 3.21. The minimum absolute atomic E-state index is 0.0568. The number of aromatic nitrogens is 2. The molecule has 2 aromatic rings. The zero-order valence-corrected chi connectivity index (χ0v) is 13.4. The number of rotatable bonds is 7. The van der Waals surface area contributed by atoms with Crippen LogP contribution in [0.2, 0.25) is 0 Å². The predicted molar refractivity (Wildman–Crippen MR) is 88.0 cm³/mol. The van der Waals surface area contributed by atoms with Crippen LogP contribution in [0.1, 0.15) is 26.7 Å². The molecule has 2 aromatic heterocycles. The molecule has 0 fully saturated rings. The molecular formula is C14H21N5OS. The SMILES string of the molecule is CCC(C)NC(=O)CCNc1nc(NC)nc2sccc12. The van der Waals surface area contributed by atoms with Crippen LogP contribution in [0, 0.1) is 0 Å². The number of carbonyl (C=O) groups is 1. The Morgan fingerprint density at radius 1 is 1.43 bits per heavy atom. The van der Waals surface area contributed by atoms with Crippen molar-refractivity contribution in [2.45, 2.75) is 32.7 Å².